The van der Waals surface area contributed by atoms with Crippen molar-refractivity contribution in [1.82, 2.24) is 14.9 Å². The number of amides is 2. The van der Waals surface area contributed by atoms with Gasteiger partial charge in [-0.05, 0) is 50.6 Å². The van der Waals surface area contributed by atoms with E-state index in [1.54, 1.807) is 4.90 Å². The van der Waals surface area contributed by atoms with Gasteiger partial charge in [0.1, 0.15) is 17.5 Å². The Bertz CT molecular complexity index is 1110. The lowest BCUT2D eigenvalue weighted by Crippen LogP contribution is -2.50. The van der Waals surface area contributed by atoms with Crippen LogP contribution < -0.4 is 15.5 Å². The molecule has 0 radical (unpaired) electrons. The Hall–Kier alpha value is -3.32. The minimum Gasteiger partial charge on any atom is -0.353 e. The van der Waals surface area contributed by atoms with Crippen LogP contribution in [0.25, 0.3) is 0 Å². The van der Waals surface area contributed by atoms with Crippen molar-refractivity contribution in [2.24, 2.45) is 0 Å². The van der Waals surface area contributed by atoms with Crippen molar-refractivity contribution in [3.63, 3.8) is 0 Å². The van der Waals surface area contributed by atoms with Gasteiger partial charge in [-0.1, -0.05) is 35.4 Å². The number of hydrogen-bond acceptors (Lipinski definition) is 5. The number of carbonyl (C=O) groups excluding carboxylic acids is 1. The molecular formula is C24H27ClN6O. The van der Waals surface area contributed by atoms with E-state index in [1.165, 1.54) is 5.56 Å². The fourth-order valence-electron chi connectivity index (χ4n) is 3.62. The van der Waals surface area contributed by atoms with Crippen LogP contribution in [0.4, 0.5) is 27.8 Å². The van der Waals surface area contributed by atoms with Gasteiger partial charge in [0.25, 0.3) is 0 Å². The first-order valence-corrected chi connectivity index (χ1v) is 11.0. The molecule has 0 spiro atoms. The summed E-state index contributed by atoms with van der Waals surface area (Å²) in [5, 5.41) is 6.81. The van der Waals surface area contributed by atoms with E-state index in [9.17, 15) is 4.79 Å². The van der Waals surface area contributed by atoms with Crippen LogP contribution in [0.2, 0.25) is 5.02 Å². The molecule has 2 amide bonds. The van der Waals surface area contributed by atoms with Crippen LogP contribution in [0.1, 0.15) is 17.0 Å². The maximum absolute atomic E-state index is 12.7. The van der Waals surface area contributed by atoms with Gasteiger partial charge >= 0.3 is 6.03 Å². The van der Waals surface area contributed by atoms with E-state index in [1.807, 2.05) is 50.2 Å². The molecule has 0 bridgehead atoms. The number of aryl methyl sites for hydroxylation is 3. The molecule has 0 unspecified atom stereocenters. The minimum atomic E-state index is -0.143. The van der Waals surface area contributed by atoms with Crippen LogP contribution in [0, 0.1) is 20.8 Å². The SMILES string of the molecule is Cc1ccc(Nc2cc(N3CCN(C(=O)Nc4ccc(C)cc4Cl)CC3)nc(C)n2)cc1. The second-order valence-electron chi connectivity index (χ2n) is 8.04. The van der Waals surface area contributed by atoms with Gasteiger partial charge in [0, 0.05) is 37.9 Å². The smallest absolute Gasteiger partial charge is 0.322 e. The number of aromatic nitrogens is 2. The summed E-state index contributed by atoms with van der Waals surface area (Å²) in [6.45, 7) is 8.49. The fourth-order valence-corrected chi connectivity index (χ4v) is 3.90. The number of halogens is 1. The monoisotopic (exact) mass is 450 g/mol. The zero-order valence-electron chi connectivity index (χ0n) is 18.5. The maximum Gasteiger partial charge on any atom is 0.322 e. The van der Waals surface area contributed by atoms with Gasteiger partial charge in [-0.25, -0.2) is 14.8 Å². The van der Waals surface area contributed by atoms with E-state index >= 15 is 0 Å². The van der Waals surface area contributed by atoms with Crippen molar-refractivity contribution >= 4 is 40.6 Å². The zero-order valence-corrected chi connectivity index (χ0v) is 19.3. The van der Waals surface area contributed by atoms with Gasteiger partial charge in [-0.2, -0.15) is 0 Å². The number of piperazine rings is 1. The molecule has 0 saturated carbocycles. The zero-order chi connectivity index (χ0) is 22.7. The molecule has 1 aromatic heterocycles. The van der Waals surface area contributed by atoms with E-state index in [0.29, 0.717) is 42.7 Å². The normalized spacial score (nSPS) is 13.8. The van der Waals surface area contributed by atoms with Crippen molar-refractivity contribution < 1.29 is 4.79 Å². The van der Waals surface area contributed by atoms with Crippen LogP contribution in [0.3, 0.4) is 0 Å². The second kappa shape index (κ2) is 9.44. The predicted molar refractivity (Wildman–Crippen MR) is 130 cm³/mol. The summed E-state index contributed by atoms with van der Waals surface area (Å²) in [5.41, 5.74) is 3.87. The van der Waals surface area contributed by atoms with Crippen LogP contribution in [-0.4, -0.2) is 47.1 Å². The van der Waals surface area contributed by atoms with Crippen molar-refractivity contribution in [3.8, 4) is 0 Å². The highest BCUT2D eigenvalue weighted by atomic mass is 35.5. The number of benzene rings is 2. The van der Waals surface area contributed by atoms with Crippen molar-refractivity contribution in [1.29, 1.82) is 0 Å². The Balaban J connectivity index is 1.38. The second-order valence-corrected chi connectivity index (χ2v) is 8.44. The molecule has 4 rings (SSSR count). The number of carbonyl (C=O) groups is 1. The average molecular weight is 451 g/mol. The van der Waals surface area contributed by atoms with E-state index < -0.39 is 0 Å². The fraction of sp³-hybridized carbons (Fsp3) is 0.292. The molecular weight excluding hydrogens is 424 g/mol. The molecule has 8 heteroatoms. The molecule has 0 atom stereocenters. The first-order valence-electron chi connectivity index (χ1n) is 10.6. The summed E-state index contributed by atoms with van der Waals surface area (Å²) in [6.07, 6.45) is 0. The third-order valence-electron chi connectivity index (χ3n) is 5.41. The highest BCUT2D eigenvalue weighted by Crippen LogP contribution is 2.24. The number of urea groups is 1. The standard InChI is InChI=1S/C24H27ClN6O/c1-16-4-7-19(8-5-16)28-22-15-23(27-18(3)26-22)30-10-12-31(13-11-30)24(32)29-21-9-6-17(2)14-20(21)25/h4-9,14-15H,10-13H2,1-3H3,(H,29,32)(H,26,27,28). The topological polar surface area (TPSA) is 73.4 Å². The van der Waals surface area contributed by atoms with Gasteiger partial charge in [0.15, 0.2) is 0 Å². The average Bonchev–Trinajstić information content (AvgIpc) is 2.77. The Kier molecular flexibility index (Phi) is 6.46. The summed E-state index contributed by atoms with van der Waals surface area (Å²) in [4.78, 5) is 25.8. The van der Waals surface area contributed by atoms with Gasteiger partial charge in [-0.3, -0.25) is 0 Å². The molecule has 1 fully saturated rings. The lowest BCUT2D eigenvalue weighted by molar-refractivity contribution is 0.208. The van der Waals surface area contributed by atoms with Gasteiger partial charge in [-0.15, -0.1) is 0 Å². The predicted octanol–water partition coefficient (Wildman–Crippen LogP) is 5.15. The van der Waals surface area contributed by atoms with Crippen molar-refractivity contribution in [2.75, 3.05) is 41.7 Å². The number of rotatable bonds is 4. The summed E-state index contributed by atoms with van der Waals surface area (Å²) in [5.74, 6) is 2.31. The molecule has 3 aromatic rings. The molecule has 2 aromatic carbocycles. The lowest BCUT2D eigenvalue weighted by atomic mass is 10.2. The number of hydrogen-bond donors (Lipinski definition) is 2. The Morgan fingerprint density at radius 2 is 1.59 bits per heavy atom. The van der Waals surface area contributed by atoms with E-state index in [2.05, 4.69) is 44.6 Å². The van der Waals surface area contributed by atoms with Crippen LogP contribution in [0.15, 0.2) is 48.5 Å². The molecule has 32 heavy (non-hydrogen) atoms. The molecule has 166 valence electrons. The highest BCUT2D eigenvalue weighted by Gasteiger charge is 2.23. The van der Waals surface area contributed by atoms with E-state index in [4.69, 9.17) is 11.6 Å². The Labute approximate surface area is 193 Å². The van der Waals surface area contributed by atoms with Gasteiger partial charge in [0.2, 0.25) is 0 Å². The lowest BCUT2D eigenvalue weighted by Gasteiger charge is -2.35. The summed E-state index contributed by atoms with van der Waals surface area (Å²) in [7, 11) is 0. The summed E-state index contributed by atoms with van der Waals surface area (Å²) < 4.78 is 0. The van der Waals surface area contributed by atoms with Crippen molar-refractivity contribution in [2.45, 2.75) is 20.8 Å². The van der Waals surface area contributed by atoms with Crippen LogP contribution >= 0.6 is 11.6 Å². The third kappa shape index (κ3) is 5.29. The minimum absolute atomic E-state index is 0.143. The third-order valence-corrected chi connectivity index (χ3v) is 5.72. The van der Waals surface area contributed by atoms with Gasteiger partial charge < -0.3 is 20.4 Å². The molecule has 1 aliphatic rings. The molecule has 1 saturated heterocycles. The molecule has 1 aliphatic heterocycles. The van der Waals surface area contributed by atoms with E-state index in [-0.39, 0.29) is 6.03 Å². The molecule has 7 nitrogen and oxygen atoms in total. The molecule has 2 N–H and O–H groups in total. The number of anilines is 4. The number of nitrogens with zero attached hydrogens (tertiary/aromatic N) is 4. The first kappa shape index (κ1) is 21.9. The number of nitrogens with one attached hydrogen (secondary N) is 2. The molecule has 2 heterocycles. The Morgan fingerprint density at radius 1 is 0.906 bits per heavy atom. The van der Waals surface area contributed by atoms with E-state index in [0.717, 1.165) is 22.9 Å². The van der Waals surface area contributed by atoms with Crippen LogP contribution in [-0.2, 0) is 0 Å². The van der Waals surface area contributed by atoms with Crippen molar-refractivity contribution in [3.05, 3.63) is 70.5 Å². The van der Waals surface area contributed by atoms with Gasteiger partial charge in [0.05, 0.1) is 10.7 Å². The largest absolute Gasteiger partial charge is 0.353 e. The molecule has 0 aliphatic carbocycles. The summed E-state index contributed by atoms with van der Waals surface area (Å²) >= 11 is 6.25. The van der Waals surface area contributed by atoms with Crippen LogP contribution in [0.5, 0.6) is 0 Å². The Morgan fingerprint density at radius 3 is 2.28 bits per heavy atom. The quantitative estimate of drug-likeness (QED) is 0.574. The first-order chi connectivity index (χ1) is 15.4. The highest BCUT2D eigenvalue weighted by molar-refractivity contribution is 6.33. The summed E-state index contributed by atoms with van der Waals surface area (Å²) in [6, 6.07) is 15.6. The maximum atomic E-state index is 12.7.